The van der Waals surface area contributed by atoms with Crippen molar-refractivity contribution in [2.45, 2.75) is 6.92 Å². The molecule has 0 unspecified atom stereocenters. The van der Waals surface area contributed by atoms with Crippen molar-refractivity contribution in [3.05, 3.63) is 89.9 Å². The summed E-state index contributed by atoms with van der Waals surface area (Å²) in [6.45, 7) is 2.17. The fourth-order valence-corrected chi connectivity index (χ4v) is 5.78. The van der Waals surface area contributed by atoms with Crippen LogP contribution in [0.2, 0.25) is 0 Å². The SMILES string of the molecule is Cc1cc2c(s1)c1ccc[c-]c1c1ncc(-n3c4ccccc4c4ccccc43)n21.[Ir]. The van der Waals surface area contributed by atoms with Crippen molar-refractivity contribution >= 4 is 59.8 Å². The Hall–Kier alpha value is -2.98. The molecular weight excluding hydrogens is 579 g/mol. The molecule has 1 radical (unpaired) electrons. The maximum absolute atomic E-state index is 4.89. The van der Waals surface area contributed by atoms with Gasteiger partial charge >= 0.3 is 0 Å². The van der Waals surface area contributed by atoms with Gasteiger partial charge in [-0.05, 0) is 25.1 Å². The third kappa shape index (κ3) is 2.45. The van der Waals surface area contributed by atoms with E-state index in [1.807, 2.05) is 23.6 Å². The van der Waals surface area contributed by atoms with E-state index in [9.17, 15) is 0 Å². The van der Waals surface area contributed by atoms with Crippen LogP contribution in [-0.4, -0.2) is 14.0 Å². The van der Waals surface area contributed by atoms with E-state index in [1.54, 1.807) is 0 Å². The summed E-state index contributed by atoms with van der Waals surface area (Å²) >= 11 is 1.84. The standard InChI is InChI=1S/C26H16N3S.Ir/c1-16-14-23-25(30-16)19-10-2-3-11-20(19)26-27-15-24(29(23)26)28-21-12-6-4-8-17(21)18-9-5-7-13-22(18)28;/h2-10,12-15H,1H3;/q-1;. The Morgan fingerprint density at radius 1 is 0.839 bits per heavy atom. The van der Waals surface area contributed by atoms with Gasteiger partial charge in [-0.3, -0.25) is 9.55 Å². The third-order valence-corrected chi connectivity index (χ3v) is 7.03. The number of hydrogen-bond donors (Lipinski definition) is 0. The summed E-state index contributed by atoms with van der Waals surface area (Å²) in [5.74, 6) is 1.06. The predicted molar refractivity (Wildman–Crippen MR) is 126 cm³/mol. The summed E-state index contributed by atoms with van der Waals surface area (Å²) in [5.41, 5.74) is 4.54. The monoisotopic (exact) mass is 595 g/mol. The number of pyridine rings is 1. The number of hydrogen-bond acceptors (Lipinski definition) is 2. The van der Waals surface area contributed by atoms with Crippen LogP contribution in [0.4, 0.5) is 0 Å². The van der Waals surface area contributed by atoms with Gasteiger partial charge in [0.25, 0.3) is 0 Å². The molecule has 0 aliphatic rings. The number of rotatable bonds is 1. The van der Waals surface area contributed by atoms with Crippen LogP contribution in [0, 0.1) is 13.0 Å². The van der Waals surface area contributed by atoms with Gasteiger partial charge < -0.3 is 4.40 Å². The summed E-state index contributed by atoms with van der Waals surface area (Å²) in [4.78, 5) is 6.19. The summed E-state index contributed by atoms with van der Waals surface area (Å²) in [6.07, 6.45) is 2.00. The molecule has 4 heterocycles. The van der Waals surface area contributed by atoms with E-state index in [4.69, 9.17) is 4.98 Å². The van der Waals surface area contributed by atoms with Crippen molar-refractivity contribution in [1.29, 1.82) is 0 Å². The van der Waals surface area contributed by atoms with Crippen molar-refractivity contribution in [2.75, 3.05) is 0 Å². The quantitative estimate of drug-likeness (QED) is 0.190. The van der Waals surface area contributed by atoms with Gasteiger partial charge in [-0.2, -0.15) is 0 Å². The molecule has 151 valence electrons. The number of aromatic nitrogens is 3. The Kier molecular flexibility index (Phi) is 4.09. The smallest absolute Gasteiger partial charge is 0.133 e. The molecule has 7 rings (SSSR count). The molecule has 0 amide bonds. The van der Waals surface area contributed by atoms with E-state index in [2.05, 4.69) is 88.7 Å². The number of benzene rings is 3. The van der Waals surface area contributed by atoms with Crippen molar-refractivity contribution in [1.82, 2.24) is 14.0 Å². The Balaban J connectivity index is 0.00000185. The van der Waals surface area contributed by atoms with Crippen LogP contribution in [0.25, 0.3) is 54.3 Å². The Labute approximate surface area is 195 Å². The Bertz CT molecular complexity index is 1720. The molecule has 3 nitrogen and oxygen atoms in total. The maximum atomic E-state index is 4.89. The topological polar surface area (TPSA) is 22.2 Å². The molecule has 5 heteroatoms. The molecular formula is C26H16IrN3S-. The maximum Gasteiger partial charge on any atom is 0.133 e. The molecule has 0 fully saturated rings. The van der Waals surface area contributed by atoms with E-state index in [0.717, 1.165) is 16.9 Å². The fourth-order valence-electron chi connectivity index (χ4n) is 4.75. The summed E-state index contributed by atoms with van der Waals surface area (Å²) in [6, 6.07) is 29.1. The van der Waals surface area contributed by atoms with Gasteiger partial charge in [0.1, 0.15) is 5.82 Å². The Morgan fingerprint density at radius 2 is 1.52 bits per heavy atom. The van der Waals surface area contributed by atoms with Crippen LogP contribution in [0.15, 0.2) is 79.0 Å². The molecule has 31 heavy (non-hydrogen) atoms. The van der Waals surface area contributed by atoms with Crippen LogP contribution < -0.4 is 0 Å². The molecule has 0 atom stereocenters. The first-order valence-electron chi connectivity index (χ1n) is 10.00. The van der Waals surface area contributed by atoms with E-state index >= 15 is 0 Å². The number of para-hydroxylation sites is 2. The van der Waals surface area contributed by atoms with Gasteiger partial charge in [-0.25, -0.2) is 0 Å². The molecule has 4 aromatic heterocycles. The second-order valence-electron chi connectivity index (χ2n) is 7.68. The van der Waals surface area contributed by atoms with Gasteiger partial charge in [-0.15, -0.1) is 35.6 Å². The molecule has 3 aromatic carbocycles. The molecule has 0 saturated heterocycles. The van der Waals surface area contributed by atoms with Gasteiger partial charge in [0.2, 0.25) is 0 Å². The van der Waals surface area contributed by atoms with Gasteiger partial charge in [0, 0.05) is 46.0 Å². The molecule has 0 saturated carbocycles. The van der Waals surface area contributed by atoms with E-state index in [-0.39, 0.29) is 20.1 Å². The molecule has 0 N–H and O–H groups in total. The fraction of sp³-hybridized carbons (Fsp3) is 0.0385. The number of imidazole rings is 1. The minimum atomic E-state index is 0. The molecule has 0 aliphatic carbocycles. The van der Waals surface area contributed by atoms with Crippen LogP contribution in [0.5, 0.6) is 0 Å². The van der Waals surface area contributed by atoms with Crippen molar-refractivity contribution in [2.24, 2.45) is 0 Å². The predicted octanol–water partition coefficient (Wildman–Crippen LogP) is 6.91. The summed E-state index contributed by atoms with van der Waals surface area (Å²) in [7, 11) is 0. The summed E-state index contributed by atoms with van der Waals surface area (Å²) in [5, 5.41) is 4.80. The zero-order valence-electron chi connectivity index (χ0n) is 16.6. The van der Waals surface area contributed by atoms with Crippen LogP contribution in [0.3, 0.4) is 0 Å². The zero-order chi connectivity index (χ0) is 19.8. The molecule has 0 spiro atoms. The molecule has 0 aliphatic heterocycles. The first kappa shape index (κ1) is 18.8. The second-order valence-corrected chi connectivity index (χ2v) is 8.93. The van der Waals surface area contributed by atoms with Crippen LogP contribution in [-0.2, 0) is 20.1 Å². The average Bonchev–Trinajstić information content (AvgIpc) is 3.47. The minimum absolute atomic E-state index is 0. The van der Waals surface area contributed by atoms with Crippen LogP contribution in [0.1, 0.15) is 4.88 Å². The number of fused-ring (bicyclic) bond motifs is 9. The van der Waals surface area contributed by atoms with E-state index in [1.165, 1.54) is 42.3 Å². The van der Waals surface area contributed by atoms with Gasteiger partial charge in [0.05, 0.1) is 22.9 Å². The van der Waals surface area contributed by atoms with E-state index in [0.29, 0.717) is 0 Å². The largest absolute Gasteiger partial charge is 0.319 e. The van der Waals surface area contributed by atoms with Crippen molar-refractivity contribution < 1.29 is 20.1 Å². The second kappa shape index (κ2) is 6.76. The number of nitrogens with zero attached hydrogens (tertiary/aromatic N) is 3. The minimum Gasteiger partial charge on any atom is -0.319 e. The molecule has 0 bridgehead atoms. The van der Waals surface area contributed by atoms with Crippen LogP contribution >= 0.6 is 11.3 Å². The first-order valence-corrected chi connectivity index (χ1v) is 10.8. The van der Waals surface area contributed by atoms with Gasteiger partial charge in [-0.1, -0.05) is 47.2 Å². The molecule has 7 aromatic rings. The van der Waals surface area contributed by atoms with Crippen molar-refractivity contribution in [3.63, 3.8) is 0 Å². The van der Waals surface area contributed by atoms with Crippen molar-refractivity contribution in [3.8, 4) is 5.82 Å². The Morgan fingerprint density at radius 3 is 2.26 bits per heavy atom. The number of aryl methyl sites for hydroxylation is 1. The normalized spacial score (nSPS) is 11.8. The average molecular weight is 595 g/mol. The zero-order valence-corrected chi connectivity index (χ0v) is 19.8. The third-order valence-electron chi connectivity index (χ3n) is 5.95. The van der Waals surface area contributed by atoms with E-state index < -0.39 is 0 Å². The van der Waals surface area contributed by atoms with Gasteiger partial charge in [0.15, 0.2) is 0 Å². The summed E-state index contributed by atoms with van der Waals surface area (Å²) < 4.78 is 5.93. The number of thiophene rings is 1. The first-order chi connectivity index (χ1) is 14.8.